The number of hydrogen-bond donors (Lipinski definition) is 2. The van der Waals surface area contributed by atoms with Crippen LogP contribution in [0.15, 0.2) is 65.5 Å². The van der Waals surface area contributed by atoms with Crippen molar-refractivity contribution in [2.45, 2.75) is 0 Å². The zero-order valence-electron chi connectivity index (χ0n) is 16.3. The minimum Gasteiger partial charge on any atom is -0.398 e. The predicted molar refractivity (Wildman–Crippen MR) is 121 cm³/mol. The molecule has 0 atom stereocenters. The van der Waals surface area contributed by atoms with E-state index >= 15 is 0 Å². The second-order valence-electron chi connectivity index (χ2n) is 6.53. The third kappa shape index (κ3) is 5.66. The lowest BCUT2D eigenvalue weighted by atomic mass is 10.1. The normalized spacial score (nSPS) is 14.3. The van der Waals surface area contributed by atoms with Gasteiger partial charge in [0.1, 0.15) is 0 Å². The van der Waals surface area contributed by atoms with Crippen LogP contribution in [0.5, 0.6) is 0 Å². The van der Waals surface area contributed by atoms with Gasteiger partial charge in [-0.1, -0.05) is 48.1 Å². The molecular formula is C22H22ClN3O3S. The van der Waals surface area contributed by atoms with Gasteiger partial charge in [0, 0.05) is 45.9 Å². The van der Waals surface area contributed by atoms with E-state index in [-0.39, 0.29) is 11.8 Å². The van der Waals surface area contributed by atoms with Crippen LogP contribution < -0.4 is 11.1 Å². The topological polar surface area (TPSA) is 84.7 Å². The van der Waals surface area contributed by atoms with E-state index in [0.717, 1.165) is 0 Å². The molecule has 1 heterocycles. The van der Waals surface area contributed by atoms with Crippen molar-refractivity contribution in [1.29, 1.82) is 0 Å². The van der Waals surface area contributed by atoms with Gasteiger partial charge in [0.05, 0.1) is 18.2 Å². The molecule has 2 aromatic rings. The molecule has 8 heteroatoms. The quantitative estimate of drug-likeness (QED) is 0.711. The summed E-state index contributed by atoms with van der Waals surface area (Å²) >= 11 is 7.32. The average molecular weight is 444 g/mol. The number of halogens is 1. The Balaban J connectivity index is 1.56. The fraction of sp³-hybridized carbons (Fsp3) is 0.182. The highest BCUT2D eigenvalue weighted by atomic mass is 35.5. The molecule has 1 saturated heterocycles. The Labute approximate surface area is 184 Å². The lowest BCUT2D eigenvalue weighted by Crippen LogP contribution is -2.40. The standard InChI is InChI=1S/C22H22ClN3O3S/c1-15(30-14-20(24)18-4-2-3-5-19(18)23)25-21(27)16-6-8-17(9-7-16)22(28)26-10-12-29-13-11-26/h2-9,14H,1,10-13,24H2,(H,25,27)/b20-14-. The molecule has 3 rings (SSSR count). The molecule has 0 aromatic heterocycles. The van der Waals surface area contributed by atoms with Crippen molar-refractivity contribution in [1.82, 2.24) is 10.2 Å². The number of nitrogens with two attached hydrogens (primary N) is 1. The third-order valence-electron chi connectivity index (χ3n) is 4.46. The first kappa shape index (κ1) is 22.0. The van der Waals surface area contributed by atoms with Gasteiger partial charge in [0.2, 0.25) is 0 Å². The number of rotatable bonds is 6. The summed E-state index contributed by atoms with van der Waals surface area (Å²) < 4.78 is 5.26. The molecule has 2 amide bonds. The van der Waals surface area contributed by atoms with Crippen molar-refractivity contribution in [3.8, 4) is 0 Å². The van der Waals surface area contributed by atoms with Crippen LogP contribution in [0.4, 0.5) is 0 Å². The second-order valence-corrected chi connectivity index (χ2v) is 7.90. The number of amides is 2. The Bertz CT molecular complexity index is 970. The highest BCUT2D eigenvalue weighted by molar-refractivity contribution is 8.05. The molecule has 30 heavy (non-hydrogen) atoms. The fourth-order valence-corrected chi connectivity index (χ4v) is 3.63. The largest absolute Gasteiger partial charge is 0.398 e. The molecule has 1 fully saturated rings. The van der Waals surface area contributed by atoms with E-state index in [1.807, 2.05) is 18.2 Å². The van der Waals surface area contributed by atoms with E-state index in [9.17, 15) is 9.59 Å². The summed E-state index contributed by atoms with van der Waals surface area (Å²) in [6, 6.07) is 13.8. The third-order valence-corrected chi connectivity index (χ3v) is 5.55. The molecule has 0 unspecified atom stereocenters. The van der Waals surface area contributed by atoms with Gasteiger partial charge in [0.15, 0.2) is 0 Å². The summed E-state index contributed by atoms with van der Waals surface area (Å²) in [6.07, 6.45) is 0. The predicted octanol–water partition coefficient (Wildman–Crippen LogP) is 3.70. The number of carbonyl (C=O) groups excluding carboxylic acids is 2. The molecule has 1 aliphatic rings. The maximum Gasteiger partial charge on any atom is 0.256 e. The van der Waals surface area contributed by atoms with Crippen LogP contribution >= 0.6 is 23.4 Å². The number of morpholine rings is 1. The molecule has 1 aliphatic heterocycles. The van der Waals surface area contributed by atoms with Crippen molar-refractivity contribution >= 4 is 40.9 Å². The van der Waals surface area contributed by atoms with E-state index in [4.69, 9.17) is 22.1 Å². The highest BCUT2D eigenvalue weighted by Crippen LogP contribution is 2.24. The first-order valence-corrected chi connectivity index (χ1v) is 10.6. The molecule has 0 spiro atoms. The van der Waals surface area contributed by atoms with Crippen LogP contribution in [-0.4, -0.2) is 43.0 Å². The zero-order valence-corrected chi connectivity index (χ0v) is 17.8. The number of thioether (sulfide) groups is 1. The van der Waals surface area contributed by atoms with Crippen LogP contribution in [-0.2, 0) is 4.74 Å². The summed E-state index contributed by atoms with van der Waals surface area (Å²) in [5.74, 6) is -0.381. The summed E-state index contributed by atoms with van der Waals surface area (Å²) in [7, 11) is 0. The van der Waals surface area contributed by atoms with Gasteiger partial charge in [-0.15, -0.1) is 0 Å². The number of carbonyl (C=O) groups is 2. The van der Waals surface area contributed by atoms with Gasteiger partial charge in [-0.2, -0.15) is 0 Å². The minimum absolute atomic E-state index is 0.0644. The molecule has 0 radical (unpaired) electrons. The van der Waals surface area contributed by atoms with E-state index in [2.05, 4.69) is 11.9 Å². The monoisotopic (exact) mass is 443 g/mol. The van der Waals surface area contributed by atoms with Crippen LogP contribution in [0.25, 0.3) is 5.70 Å². The molecule has 0 bridgehead atoms. The Morgan fingerprint density at radius 3 is 2.40 bits per heavy atom. The number of benzene rings is 2. The van der Waals surface area contributed by atoms with Crippen molar-refractivity contribution in [3.63, 3.8) is 0 Å². The lowest BCUT2D eigenvalue weighted by molar-refractivity contribution is 0.0303. The van der Waals surface area contributed by atoms with Crippen molar-refractivity contribution in [3.05, 3.63) is 87.3 Å². The van der Waals surface area contributed by atoms with E-state index in [1.165, 1.54) is 11.8 Å². The summed E-state index contributed by atoms with van der Waals surface area (Å²) in [4.78, 5) is 26.7. The molecule has 2 aromatic carbocycles. The van der Waals surface area contributed by atoms with Gasteiger partial charge in [-0.25, -0.2) is 0 Å². The Hall–Kier alpha value is -2.74. The van der Waals surface area contributed by atoms with Crippen LogP contribution in [0, 0.1) is 0 Å². The number of ether oxygens (including phenoxy) is 1. The molecule has 156 valence electrons. The molecule has 6 nitrogen and oxygen atoms in total. The summed E-state index contributed by atoms with van der Waals surface area (Å²) in [5, 5.41) is 5.36. The number of nitrogens with zero attached hydrogens (tertiary/aromatic N) is 1. The Kier molecular flexibility index (Phi) is 7.57. The Morgan fingerprint density at radius 2 is 1.73 bits per heavy atom. The second kappa shape index (κ2) is 10.3. The van der Waals surface area contributed by atoms with Crippen molar-refractivity contribution in [2.75, 3.05) is 26.3 Å². The summed E-state index contributed by atoms with van der Waals surface area (Å²) in [6.45, 7) is 6.07. The van der Waals surface area contributed by atoms with Gasteiger partial charge in [0.25, 0.3) is 11.8 Å². The zero-order chi connectivity index (χ0) is 21.5. The van der Waals surface area contributed by atoms with Gasteiger partial charge >= 0.3 is 0 Å². The first-order chi connectivity index (χ1) is 14.5. The summed E-state index contributed by atoms with van der Waals surface area (Å²) in [5.41, 5.74) is 8.21. The highest BCUT2D eigenvalue weighted by Gasteiger charge is 2.18. The van der Waals surface area contributed by atoms with Crippen molar-refractivity contribution < 1.29 is 14.3 Å². The number of hydrogen-bond acceptors (Lipinski definition) is 5. The molecule has 0 aliphatic carbocycles. The Morgan fingerprint density at radius 1 is 1.10 bits per heavy atom. The minimum atomic E-state index is -0.317. The maximum atomic E-state index is 12.5. The number of nitrogens with one attached hydrogen (secondary N) is 1. The molecule has 3 N–H and O–H groups in total. The fourth-order valence-electron chi connectivity index (χ4n) is 2.83. The van der Waals surface area contributed by atoms with Crippen LogP contribution in [0.2, 0.25) is 5.02 Å². The smallest absolute Gasteiger partial charge is 0.256 e. The van der Waals surface area contributed by atoms with E-state index < -0.39 is 0 Å². The molecule has 0 saturated carbocycles. The lowest BCUT2D eigenvalue weighted by Gasteiger charge is -2.26. The van der Waals surface area contributed by atoms with Gasteiger partial charge < -0.3 is 20.7 Å². The van der Waals surface area contributed by atoms with Crippen LogP contribution in [0.1, 0.15) is 26.3 Å². The van der Waals surface area contributed by atoms with Crippen LogP contribution in [0.3, 0.4) is 0 Å². The average Bonchev–Trinajstić information content (AvgIpc) is 2.78. The van der Waals surface area contributed by atoms with Gasteiger partial charge in [-0.05, 0) is 30.3 Å². The molecular weight excluding hydrogens is 422 g/mol. The SMILES string of the molecule is C=C(NC(=O)c1ccc(C(=O)N2CCOCC2)cc1)S/C=C(\N)c1ccccc1Cl. The van der Waals surface area contributed by atoms with E-state index in [1.54, 1.807) is 40.6 Å². The van der Waals surface area contributed by atoms with Crippen molar-refractivity contribution in [2.24, 2.45) is 5.73 Å². The van der Waals surface area contributed by atoms with E-state index in [0.29, 0.717) is 58.7 Å². The van der Waals surface area contributed by atoms with Gasteiger partial charge in [-0.3, -0.25) is 9.59 Å². The first-order valence-electron chi connectivity index (χ1n) is 9.30. The maximum absolute atomic E-state index is 12.5.